The first-order chi connectivity index (χ1) is 4.66. The predicted octanol–water partition coefficient (Wildman–Crippen LogP) is -2.62. The van der Waals surface area contributed by atoms with Crippen molar-refractivity contribution in [3.05, 3.63) is 0 Å². The van der Waals surface area contributed by atoms with Crippen LogP contribution in [0.3, 0.4) is 0 Å². The Hall–Kier alpha value is -0.200. The lowest BCUT2D eigenvalue weighted by Gasteiger charge is -2.10. The molecule has 10 heavy (non-hydrogen) atoms. The lowest BCUT2D eigenvalue weighted by atomic mass is 10.1. The molecule has 0 aliphatic carbocycles. The highest BCUT2D eigenvalue weighted by Crippen LogP contribution is 2.16. The van der Waals surface area contributed by atoms with Crippen molar-refractivity contribution in [1.82, 2.24) is 0 Å². The third-order valence-electron chi connectivity index (χ3n) is 1.61. The van der Waals surface area contributed by atoms with Crippen molar-refractivity contribution in [1.29, 1.82) is 0 Å². The molecule has 0 bridgehead atoms. The second kappa shape index (κ2) is 2.81. The molecule has 0 aromatic heterocycles. The molecule has 0 aromatic rings. The van der Waals surface area contributed by atoms with E-state index in [4.69, 9.17) is 21.1 Å². The predicted molar refractivity (Wildman–Crippen MR) is 31.9 cm³/mol. The second-order valence-electron chi connectivity index (χ2n) is 2.32. The minimum atomic E-state index is -1.26. The second-order valence-corrected chi connectivity index (χ2v) is 2.32. The van der Waals surface area contributed by atoms with Crippen LogP contribution in [0.4, 0.5) is 0 Å². The number of aliphatic hydroxyl groups excluding tert-OH is 3. The maximum Gasteiger partial charge on any atom is 0.182 e. The summed E-state index contributed by atoms with van der Waals surface area (Å²) in [5, 5.41) is 26.3. The molecule has 0 amide bonds. The monoisotopic (exact) mass is 149 g/mol. The Morgan fingerprint density at radius 2 is 2.00 bits per heavy atom. The molecule has 5 heteroatoms. The van der Waals surface area contributed by atoms with E-state index in [9.17, 15) is 0 Å². The summed E-state index contributed by atoms with van der Waals surface area (Å²) in [7, 11) is 0. The highest BCUT2D eigenvalue weighted by molar-refractivity contribution is 4.88. The Kier molecular flexibility index (Phi) is 2.22. The van der Waals surface area contributed by atoms with Gasteiger partial charge in [0.1, 0.15) is 12.2 Å². The van der Waals surface area contributed by atoms with Gasteiger partial charge < -0.3 is 25.8 Å². The van der Waals surface area contributed by atoms with Crippen molar-refractivity contribution in [2.75, 3.05) is 6.61 Å². The van der Waals surface area contributed by atoms with Gasteiger partial charge in [0.15, 0.2) is 6.29 Å². The van der Waals surface area contributed by atoms with Crippen LogP contribution in [0.25, 0.3) is 0 Å². The lowest BCUT2D eigenvalue weighted by molar-refractivity contribution is -0.132. The van der Waals surface area contributed by atoms with E-state index < -0.39 is 24.5 Å². The maximum atomic E-state index is 8.96. The van der Waals surface area contributed by atoms with Gasteiger partial charge in [-0.1, -0.05) is 0 Å². The molecule has 1 heterocycles. The summed E-state index contributed by atoms with van der Waals surface area (Å²) in [6, 6.07) is -0.694. The summed E-state index contributed by atoms with van der Waals surface area (Å²) in [5.74, 6) is 0. The third-order valence-corrected chi connectivity index (χ3v) is 1.61. The van der Waals surface area contributed by atoms with Crippen molar-refractivity contribution >= 4 is 0 Å². The Balaban J connectivity index is 2.53. The molecule has 1 fully saturated rings. The number of hydrogen-bond donors (Lipinski definition) is 4. The highest BCUT2D eigenvalue weighted by Gasteiger charge is 2.39. The summed E-state index contributed by atoms with van der Waals surface area (Å²) in [6.07, 6.45) is -2.99. The number of ether oxygens (including phenoxy) is 1. The van der Waals surface area contributed by atoms with Gasteiger partial charge in [0, 0.05) is 0 Å². The van der Waals surface area contributed by atoms with Crippen molar-refractivity contribution < 1.29 is 20.1 Å². The molecule has 1 aliphatic rings. The quantitative estimate of drug-likeness (QED) is 0.327. The van der Waals surface area contributed by atoms with E-state index in [0.29, 0.717) is 0 Å². The minimum absolute atomic E-state index is 0.282. The first-order valence-corrected chi connectivity index (χ1v) is 3.05. The zero-order valence-electron chi connectivity index (χ0n) is 5.34. The van der Waals surface area contributed by atoms with Crippen LogP contribution >= 0.6 is 0 Å². The van der Waals surface area contributed by atoms with Crippen LogP contribution in [0, 0.1) is 0 Å². The number of nitrogens with two attached hydrogens (primary N) is 1. The van der Waals surface area contributed by atoms with Gasteiger partial charge in [-0.05, 0) is 0 Å². The number of hydrogen-bond acceptors (Lipinski definition) is 5. The average Bonchev–Trinajstić information content (AvgIpc) is 2.17. The fourth-order valence-electron chi connectivity index (χ4n) is 0.925. The topological polar surface area (TPSA) is 95.9 Å². The third kappa shape index (κ3) is 1.14. The first kappa shape index (κ1) is 7.90. The molecular weight excluding hydrogens is 138 g/mol. The number of aliphatic hydroxyl groups is 3. The summed E-state index contributed by atoms with van der Waals surface area (Å²) in [4.78, 5) is 0. The molecule has 60 valence electrons. The molecule has 1 rings (SSSR count). The summed E-state index contributed by atoms with van der Waals surface area (Å²) in [5.41, 5.74) is 5.33. The fourth-order valence-corrected chi connectivity index (χ4v) is 0.925. The van der Waals surface area contributed by atoms with E-state index in [1.165, 1.54) is 0 Å². The zero-order valence-corrected chi connectivity index (χ0v) is 5.34. The molecular formula is C5H11NO4. The number of rotatable bonds is 1. The van der Waals surface area contributed by atoms with E-state index in [1.54, 1.807) is 0 Å². The molecule has 0 radical (unpaired) electrons. The molecule has 0 spiro atoms. The lowest BCUT2D eigenvalue weighted by Crippen LogP contribution is -2.41. The Morgan fingerprint density at radius 1 is 1.40 bits per heavy atom. The van der Waals surface area contributed by atoms with Gasteiger partial charge >= 0.3 is 0 Å². The van der Waals surface area contributed by atoms with E-state index in [1.807, 2.05) is 0 Å². The van der Waals surface area contributed by atoms with E-state index >= 15 is 0 Å². The molecule has 5 N–H and O–H groups in total. The molecule has 4 atom stereocenters. The minimum Gasteiger partial charge on any atom is -0.394 e. The van der Waals surface area contributed by atoms with Gasteiger partial charge in [0.05, 0.1) is 12.6 Å². The summed E-state index contributed by atoms with van der Waals surface area (Å²) < 4.78 is 4.67. The largest absolute Gasteiger partial charge is 0.394 e. The smallest absolute Gasteiger partial charge is 0.182 e. The van der Waals surface area contributed by atoms with Crippen LogP contribution in [0.1, 0.15) is 0 Å². The van der Waals surface area contributed by atoms with Gasteiger partial charge in [0.25, 0.3) is 0 Å². The van der Waals surface area contributed by atoms with Gasteiger partial charge in [0.2, 0.25) is 0 Å². The van der Waals surface area contributed by atoms with Crippen LogP contribution in [-0.4, -0.2) is 46.5 Å². The molecule has 5 nitrogen and oxygen atoms in total. The van der Waals surface area contributed by atoms with Gasteiger partial charge in [-0.3, -0.25) is 0 Å². The highest BCUT2D eigenvalue weighted by atomic mass is 16.6. The van der Waals surface area contributed by atoms with E-state index in [-0.39, 0.29) is 6.61 Å². The fraction of sp³-hybridized carbons (Fsp3) is 1.00. The first-order valence-electron chi connectivity index (χ1n) is 3.05. The van der Waals surface area contributed by atoms with Crippen LogP contribution in [0.2, 0.25) is 0 Å². The van der Waals surface area contributed by atoms with Crippen LogP contribution in [-0.2, 0) is 4.74 Å². The maximum absolute atomic E-state index is 8.96. The van der Waals surface area contributed by atoms with Crippen LogP contribution in [0.5, 0.6) is 0 Å². The standard InChI is InChI=1S/C5H11NO4/c6-3-2(1-7)10-5(9)4(3)8/h2-5,7-9H,1,6H2/t2-,3+,4-,5?/m0/s1. The van der Waals surface area contributed by atoms with Crippen molar-refractivity contribution in [2.45, 2.75) is 24.5 Å². The van der Waals surface area contributed by atoms with Crippen molar-refractivity contribution in [2.24, 2.45) is 5.73 Å². The SMILES string of the molecule is N[C@@H]1[C@H](CO)OC(O)[C@H]1O. The van der Waals surface area contributed by atoms with Crippen molar-refractivity contribution in [3.8, 4) is 0 Å². The Bertz CT molecular complexity index is 120. The molecule has 0 aromatic carbocycles. The summed E-state index contributed by atoms with van der Waals surface area (Å²) in [6.45, 7) is -0.282. The van der Waals surface area contributed by atoms with Crippen molar-refractivity contribution in [3.63, 3.8) is 0 Å². The molecule has 1 saturated heterocycles. The van der Waals surface area contributed by atoms with Gasteiger partial charge in [-0.15, -0.1) is 0 Å². The summed E-state index contributed by atoms with van der Waals surface area (Å²) >= 11 is 0. The molecule has 1 unspecified atom stereocenters. The van der Waals surface area contributed by atoms with Crippen LogP contribution in [0.15, 0.2) is 0 Å². The average molecular weight is 149 g/mol. The van der Waals surface area contributed by atoms with E-state index in [0.717, 1.165) is 0 Å². The molecule has 0 saturated carbocycles. The Labute approximate surface area is 58.0 Å². The van der Waals surface area contributed by atoms with Gasteiger partial charge in [-0.2, -0.15) is 0 Å². The molecule has 1 aliphatic heterocycles. The Morgan fingerprint density at radius 3 is 2.20 bits per heavy atom. The van der Waals surface area contributed by atoms with Gasteiger partial charge in [-0.25, -0.2) is 0 Å². The normalized spacial score (nSPS) is 48.0. The zero-order chi connectivity index (χ0) is 7.72. The van der Waals surface area contributed by atoms with Crippen LogP contribution < -0.4 is 5.73 Å². The van der Waals surface area contributed by atoms with E-state index in [2.05, 4.69) is 4.74 Å².